The molecule has 0 spiro atoms. The molecule has 0 bridgehead atoms. The van der Waals surface area contributed by atoms with Crippen LogP contribution < -0.4 is 4.90 Å². The van der Waals surface area contributed by atoms with Gasteiger partial charge in [0.1, 0.15) is 11.5 Å². The molecule has 1 atom stereocenters. The number of aromatic nitrogens is 5. The highest BCUT2D eigenvalue weighted by Gasteiger charge is 2.27. The van der Waals surface area contributed by atoms with Gasteiger partial charge in [0, 0.05) is 50.2 Å². The van der Waals surface area contributed by atoms with Crippen molar-refractivity contribution in [3.8, 4) is 11.4 Å². The second-order valence-electron chi connectivity index (χ2n) is 7.73. The zero-order valence-corrected chi connectivity index (χ0v) is 18.3. The smallest absolute Gasteiger partial charge is 0.308 e. The maximum absolute atomic E-state index is 13.0. The van der Waals surface area contributed by atoms with Crippen molar-refractivity contribution in [1.82, 2.24) is 28.2 Å². The summed E-state index contributed by atoms with van der Waals surface area (Å²) in [5.74, 6) is 1.14. The molecule has 1 fully saturated rings. The first-order chi connectivity index (χ1) is 14.9. The fourth-order valence-corrected chi connectivity index (χ4v) is 4.80. The summed E-state index contributed by atoms with van der Waals surface area (Å²) in [7, 11) is -0.753. The van der Waals surface area contributed by atoms with Crippen LogP contribution in [0.25, 0.3) is 33.5 Å². The maximum atomic E-state index is 13.0. The van der Waals surface area contributed by atoms with E-state index in [1.165, 1.54) is 28.6 Å². The van der Waals surface area contributed by atoms with E-state index >= 15 is 0 Å². The fraction of sp³-hybridized carbons (Fsp3) is 0.350. The van der Waals surface area contributed by atoms with Crippen LogP contribution in [0.15, 0.2) is 36.8 Å². The number of fused-ring (bicyclic) bond motifs is 2. The molecule has 5 heterocycles. The van der Waals surface area contributed by atoms with E-state index in [-0.39, 0.29) is 6.04 Å². The number of hydrogen-bond donors (Lipinski definition) is 1. The van der Waals surface area contributed by atoms with Gasteiger partial charge in [0.15, 0.2) is 11.5 Å². The Morgan fingerprint density at radius 3 is 2.81 bits per heavy atom. The molecule has 5 rings (SSSR count). The van der Waals surface area contributed by atoms with E-state index in [2.05, 4.69) is 21.8 Å². The van der Waals surface area contributed by atoms with Crippen molar-refractivity contribution in [1.29, 1.82) is 0 Å². The fourth-order valence-electron chi connectivity index (χ4n) is 3.88. The Morgan fingerprint density at radius 2 is 2.03 bits per heavy atom. The molecule has 1 N–H and O–H groups in total. The van der Waals surface area contributed by atoms with E-state index in [0.717, 1.165) is 16.6 Å². The van der Waals surface area contributed by atoms with Crippen LogP contribution in [0.3, 0.4) is 0 Å². The average molecular weight is 442 g/mol. The molecular weight excluding hydrogens is 418 g/mol. The summed E-state index contributed by atoms with van der Waals surface area (Å²) < 4.78 is 33.9. The first kappa shape index (κ1) is 19.9. The molecule has 162 valence electrons. The summed E-state index contributed by atoms with van der Waals surface area (Å²) in [5, 5.41) is 1.55. The Labute approximate surface area is 179 Å². The highest BCUT2D eigenvalue weighted by Crippen LogP contribution is 2.33. The number of morpholine rings is 1. The Hall–Kier alpha value is -3.02. The number of anilines is 1. The molecule has 0 amide bonds. The zero-order chi connectivity index (χ0) is 21.8. The van der Waals surface area contributed by atoms with E-state index in [1.54, 1.807) is 12.3 Å². The minimum Gasteiger partial charge on any atom is -0.377 e. The number of ether oxygens (including phenoxy) is 1. The van der Waals surface area contributed by atoms with E-state index in [1.807, 2.05) is 18.3 Å². The van der Waals surface area contributed by atoms with Crippen molar-refractivity contribution < 1.29 is 13.2 Å². The predicted molar refractivity (Wildman–Crippen MR) is 118 cm³/mol. The van der Waals surface area contributed by atoms with Crippen molar-refractivity contribution >= 4 is 38.1 Å². The number of rotatable bonds is 4. The van der Waals surface area contributed by atoms with Crippen LogP contribution in [0, 0.1) is 0 Å². The summed E-state index contributed by atoms with van der Waals surface area (Å²) in [6.45, 7) is 3.89. The maximum Gasteiger partial charge on any atom is 0.308 e. The lowest BCUT2D eigenvalue weighted by Crippen LogP contribution is -2.44. The van der Waals surface area contributed by atoms with Crippen LogP contribution in [0.4, 0.5) is 5.82 Å². The van der Waals surface area contributed by atoms with Crippen molar-refractivity contribution in [3.63, 3.8) is 0 Å². The molecule has 0 aromatic carbocycles. The van der Waals surface area contributed by atoms with E-state index in [0.29, 0.717) is 42.4 Å². The molecule has 31 heavy (non-hydrogen) atoms. The minimum atomic E-state index is -3.75. The molecule has 1 aliphatic rings. The quantitative estimate of drug-likeness (QED) is 0.515. The molecule has 11 heteroatoms. The van der Waals surface area contributed by atoms with Crippen molar-refractivity contribution in [3.05, 3.63) is 36.8 Å². The summed E-state index contributed by atoms with van der Waals surface area (Å²) in [6, 6.07) is 5.61. The van der Waals surface area contributed by atoms with Crippen LogP contribution in [0.1, 0.15) is 6.92 Å². The Morgan fingerprint density at radius 1 is 1.19 bits per heavy atom. The van der Waals surface area contributed by atoms with Gasteiger partial charge in [0.05, 0.1) is 24.6 Å². The van der Waals surface area contributed by atoms with Gasteiger partial charge < -0.3 is 14.6 Å². The van der Waals surface area contributed by atoms with E-state index in [4.69, 9.17) is 14.7 Å². The number of nitrogens with one attached hydrogen (secondary N) is 1. The molecule has 4 aromatic rings. The summed E-state index contributed by atoms with van der Waals surface area (Å²) in [6.07, 6.45) is 5.03. The van der Waals surface area contributed by atoms with Gasteiger partial charge in [-0.05, 0) is 25.1 Å². The van der Waals surface area contributed by atoms with Crippen molar-refractivity contribution in [2.75, 3.05) is 38.8 Å². The van der Waals surface area contributed by atoms with Gasteiger partial charge in [-0.2, -0.15) is 12.7 Å². The van der Waals surface area contributed by atoms with Gasteiger partial charge in [-0.25, -0.2) is 18.9 Å². The zero-order valence-electron chi connectivity index (χ0n) is 17.5. The van der Waals surface area contributed by atoms with Crippen molar-refractivity contribution in [2.45, 2.75) is 13.0 Å². The lowest BCUT2D eigenvalue weighted by molar-refractivity contribution is 0.0987. The molecule has 1 unspecified atom stereocenters. The van der Waals surface area contributed by atoms with Gasteiger partial charge >= 0.3 is 10.2 Å². The molecule has 0 aliphatic carbocycles. The molecule has 0 radical (unpaired) electrons. The molecule has 0 saturated carbocycles. The summed E-state index contributed by atoms with van der Waals surface area (Å²) in [5.41, 5.74) is 1.84. The summed E-state index contributed by atoms with van der Waals surface area (Å²) in [4.78, 5) is 19.2. The molecule has 10 nitrogen and oxygen atoms in total. The molecule has 4 aromatic heterocycles. The predicted octanol–water partition coefficient (Wildman–Crippen LogP) is 1.85. The lowest BCUT2D eigenvalue weighted by Gasteiger charge is -2.34. The van der Waals surface area contributed by atoms with Crippen LogP contribution in [0.2, 0.25) is 0 Å². The Kier molecular flexibility index (Phi) is 4.68. The lowest BCUT2D eigenvalue weighted by atomic mass is 10.1. The second-order valence-corrected chi connectivity index (χ2v) is 9.74. The Balaban J connectivity index is 1.81. The Bertz CT molecular complexity index is 1380. The third-order valence-electron chi connectivity index (χ3n) is 5.54. The highest BCUT2D eigenvalue weighted by atomic mass is 32.2. The normalized spacial score (nSPS) is 17.8. The van der Waals surface area contributed by atoms with Crippen LogP contribution >= 0.6 is 0 Å². The monoisotopic (exact) mass is 441 g/mol. The third kappa shape index (κ3) is 3.16. The average Bonchev–Trinajstić information content (AvgIpc) is 3.40. The highest BCUT2D eigenvalue weighted by molar-refractivity contribution is 7.87. The van der Waals surface area contributed by atoms with Crippen LogP contribution in [-0.4, -0.2) is 76.5 Å². The van der Waals surface area contributed by atoms with E-state index in [9.17, 15) is 8.42 Å². The van der Waals surface area contributed by atoms with Gasteiger partial charge in [-0.3, -0.25) is 0 Å². The standard InChI is InChI=1S/C20H23N7O3S/c1-13-12-30-11-10-26(13)19-16-6-9-27(31(28,29)25(2)3)20(16)24-18(23-19)15-5-8-22-17-14(15)4-7-21-17/h4-9,13H,10-12H2,1-3H3,(H,21,22). The second kappa shape index (κ2) is 7.29. The summed E-state index contributed by atoms with van der Waals surface area (Å²) >= 11 is 0. The number of H-pyrrole nitrogens is 1. The molecule has 1 aliphatic heterocycles. The number of pyridine rings is 1. The number of nitrogens with zero attached hydrogens (tertiary/aromatic N) is 6. The topological polar surface area (TPSA) is 109 Å². The molecule has 1 saturated heterocycles. The first-order valence-electron chi connectivity index (χ1n) is 9.97. The van der Waals surface area contributed by atoms with Gasteiger partial charge in [-0.1, -0.05) is 0 Å². The SMILES string of the molecule is CC1COCCN1c1nc(-c2ccnc3[nH]ccc23)nc2c1ccn2S(=O)(=O)N(C)C. The van der Waals surface area contributed by atoms with Crippen LogP contribution in [-0.2, 0) is 14.9 Å². The van der Waals surface area contributed by atoms with Crippen molar-refractivity contribution in [2.24, 2.45) is 0 Å². The third-order valence-corrected chi connectivity index (χ3v) is 7.26. The van der Waals surface area contributed by atoms with Gasteiger partial charge in [0.25, 0.3) is 0 Å². The molecular formula is C20H23N7O3S. The van der Waals surface area contributed by atoms with Crippen LogP contribution in [0.5, 0.6) is 0 Å². The van der Waals surface area contributed by atoms with Gasteiger partial charge in [0.2, 0.25) is 0 Å². The largest absolute Gasteiger partial charge is 0.377 e. The number of aromatic amines is 1. The van der Waals surface area contributed by atoms with Gasteiger partial charge in [-0.15, -0.1) is 0 Å². The number of hydrogen-bond acceptors (Lipinski definition) is 7. The first-order valence-corrected chi connectivity index (χ1v) is 11.4. The van der Waals surface area contributed by atoms with E-state index < -0.39 is 10.2 Å². The minimum absolute atomic E-state index is 0.0956.